The van der Waals surface area contributed by atoms with Crippen molar-refractivity contribution in [3.63, 3.8) is 0 Å². The van der Waals surface area contributed by atoms with Crippen molar-refractivity contribution in [3.05, 3.63) is 59.7 Å². The van der Waals surface area contributed by atoms with Gasteiger partial charge >= 0.3 is 0 Å². The molecule has 2 heterocycles. The summed E-state index contributed by atoms with van der Waals surface area (Å²) in [4.78, 5) is 37.2. The molecule has 0 bridgehead atoms. The van der Waals surface area contributed by atoms with Gasteiger partial charge in [-0.25, -0.2) is 4.98 Å². The van der Waals surface area contributed by atoms with E-state index in [-0.39, 0.29) is 17.7 Å². The van der Waals surface area contributed by atoms with Gasteiger partial charge in [0.25, 0.3) is 5.91 Å². The van der Waals surface area contributed by atoms with E-state index in [1.165, 1.54) is 0 Å². The molecular weight excluding hydrogens is 396 g/mol. The fourth-order valence-corrected chi connectivity index (χ4v) is 4.78. The third-order valence-electron chi connectivity index (χ3n) is 5.78. The maximum atomic E-state index is 13.2. The lowest BCUT2D eigenvalue weighted by molar-refractivity contribution is -0.134. The normalized spacial score (nSPS) is 16.8. The summed E-state index contributed by atoms with van der Waals surface area (Å²) in [6, 6.07) is 15.8. The number of fused-ring (bicyclic) bond motifs is 1. The number of rotatable bonds is 5. The van der Waals surface area contributed by atoms with Crippen molar-refractivity contribution in [2.24, 2.45) is 5.92 Å². The van der Waals surface area contributed by atoms with Crippen LogP contribution in [0, 0.1) is 5.92 Å². The van der Waals surface area contributed by atoms with Crippen LogP contribution in [-0.2, 0) is 10.5 Å². The smallest absolute Gasteiger partial charge is 0.254 e. The van der Waals surface area contributed by atoms with Crippen LogP contribution in [0.2, 0.25) is 0 Å². The number of nitrogens with zero attached hydrogens (tertiary/aromatic N) is 3. The molecule has 1 saturated carbocycles. The van der Waals surface area contributed by atoms with Crippen LogP contribution in [0.15, 0.2) is 53.7 Å². The van der Waals surface area contributed by atoms with E-state index in [1.54, 1.807) is 11.8 Å². The molecule has 7 heteroatoms. The quantitative estimate of drug-likeness (QED) is 0.641. The number of aromatic nitrogens is 2. The van der Waals surface area contributed by atoms with E-state index in [2.05, 4.69) is 9.97 Å². The number of benzene rings is 2. The van der Waals surface area contributed by atoms with Crippen LogP contribution in [-0.4, -0.2) is 57.8 Å². The Kier molecular flexibility index (Phi) is 5.21. The first kappa shape index (κ1) is 19.2. The van der Waals surface area contributed by atoms with Crippen molar-refractivity contribution in [1.29, 1.82) is 0 Å². The average Bonchev–Trinajstić information content (AvgIpc) is 3.56. The molecular formula is C23H24N4O2S. The molecule has 1 N–H and O–H groups in total. The van der Waals surface area contributed by atoms with E-state index < -0.39 is 0 Å². The van der Waals surface area contributed by atoms with Gasteiger partial charge in [0.1, 0.15) is 0 Å². The van der Waals surface area contributed by atoms with Crippen LogP contribution in [0.4, 0.5) is 0 Å². The zero-order valence-corrected chi connectivity index (χ0v) is 17.5. The summed E-state index contributed by atoms with van der Waals surface area (Å²) >= 11 is 1.60. The fraction of sp³-hybridized carbons (Fsp3) is 0.348. The molecule has 1 saturated heterocycles. The highest BCUT2D eigenvalue weighted by atomic mass is 32.2. The van der Waals surface area contributed by atoms with Gasteiger partial charge in [-0.2, -0.15) is 0 Å². The summed E-state index contributed by atoms with van der Waals surface area (Å²) in [6.45, 7) is 2.47. The minimum Gasteiger partial charge on any atom is -0.339 e. The Labute approximate surface area is 179 Å². The number of imidazole rings is 1. The summed E-state index contributed by atoms with van der Waals surface area (Å²) in [5.74, 6) is 1.23. The molecule has 1 aliphatic heterocycles. The molecule has 5 rings (SSSR count). The Morgan fingerprint density at radius 2 is 1.67 bits per heavy atom. The summed E-state index contributed by atoms with van der Waals surface area (Å²) in [7, 11) is 0. The van der Waals surface area contributed by atoms with E-state index in [0.717, 1.165) is 40.2 Å². The first-order valence-electron chi connectivity index (χ1n) is 10.4. The zero-order valence-electron chi connectivity index (χ0n) is 16.7. The average molecular weight is 421 g/mol. The number of amides is 2. The van der Waals surface area contributed by atoms with Crippen molar-refractivity contribution >= 4 is 34.6 Å². The Hall–Kier alpha value is -2.80. The van der Waals surface area contributed by atoms with Crippen LogP contribution in [0.25, 0.3) is 11.0 Å². The first-order chi connectivity index (χ1) is 14.7. The number of aromatic amines is 1. The summed E-state index contributed by atoms with van der Waals surface area (Å²) in [5, 5.41) is 0.852. The fourth-order valence-electron chi connectivity index (χ4n) is 3.89. The highest BCUT2D eigenvalue weighted by Crippen LogP contribution is 2.31. The minimum atomic E-state index is 0.0503. The Balaban J connectivity index is 1.25. The number of H-pyrrole nitrogens is 1. The predicted molar refractivity (Wildman–Crippen MR) is 117 cm³/mol. The van der Waals surface area contributed by atoms with Crippen LogP contribution >= 0.6 is 11.8 Å². The zero-order chi connectivity index (χ0) is 20.5. The number of piperazine rings is 1. The topological polar surface area (TPSA) is 69.3 Å². The molecule has 154 valence electrons. The molecule has 1 aliphatic carbocycles. The standard InChI is InChI=1S/C23H24N4O2S/c28-21(16-9-10-16)26-11-13-27(14-12-26)22(29)18-6-2-1-5-17(18)15-30-23-24-19-7-3-4-8-20(19)25-23/h1-8,16H,9-15H2,(H,24,25). The van der Waals surface area contributed by atoms with E-state index in [1.807, 2.05) is 58.3 Å². The van der Waals surface area contributed by atoms with Crippen LogP contribution in [0.1, 0.15) is 28.8 Å². The van der Waals surface area contributed by atoms with Crippen LogP contribution < -0.4 is 0 Å². The lowest BCUT2D eigenvalue weighted by Gasteiger charge is -2.35. The monoisotopic (exact) mass is 420 g/mol. The lowest BCUT2D eigenvalue weighted by Crippen LogP contribution is -2.51. The molecule has 2 aromatic carbocycles. The number of hydrogen-bond donors (Lipinski definition) is 1. The Morgan fingerprint density at radius 3 is 2.43 bits per heavy atom. The number of carbonyl (C=O) groups is 2. The SMILES string of the molecule is O=C(c1ccccc1CSc1nc2ccccc2[nH]1)N1CCN(C(=O)C2CC2)CC1. The molecule has 2 aliphatic rings. The second-order valence-electron chi connectivity index (χ2n) is 7.90. The first-order valence-corrected chi connectivity index (χ1v) is 11.4. The summed E-state index contributed by atoms with van der Waals surface area (Å²) in [5.41, 5.74) is 3.71. The molecule has 2 amide bonds. The number of nitrogens with one attached hydrogen (secondary N) is 1. The molecule has 30 heavy (non-hydrogen) atoms. The number of thioether (sulfide) groups is 1. The highest BCUT2D eigenvalue weighted by Gasteiger charge is 2.35. The van der Waals surface area contributed by atoms with Gasteiger partial charge in [-0.1, -0.05) is 42.1 Å². The van der Waals surface area contributed by atoms with Gasteiger partial charge < -0.3 is 14.8 Å². The van der Waals surface area contributed by atoms with Crippen LogP contribution in [0.3, 0.4) is 0 Å². The molecule has 6 nitrogen and oxygen atoms in total. The lowest BCUT2D eigenvalue weighted by atomic mass is 10.1. The van der Waals surface area contributed by atoms with Gasteiger partial charge in [-0.3, -0.25) is 9.59 Å². The molecule has 0 unspecified atom stereocenters. The van der Waals surface area contributed by atoms with Crippen molar-refractivity contribution in [1.82, 2.24) is 19.8 Å². The number of para-hydroxylation sites is 2. The predicted octanol–water partition coefficient (Wildman–Crippen LogP) is 3.55. The largest absolute Gasteiger partial charge is 0.339 e. The summed E-state index contributed by atoms with van der Waals surface area (Å²) < 4.78 is 0. The van der Waals surface area contributed by atoms with Crippen molar-refractivity contribution in [2.75, 3.05) is 26.2 Å². The number of carbonyl (C=O) groups excluding carboxylic acids is 2. The molecule has 0 spiro atoms. The van der Waals surface area contributed by atoms with Crippen LogP contribution in [0.5, 0.6) is 0 Å². The Morgan fingerprint density at radius 1 is 0.967 bits per heavy atom. The van der Waals surface area contributed by atoms with E-state index in [9.17, 15) is 9.59 Å². The minimum absolute atomic E-state index is 0.0503. The summed E-state index contributed by atoms with van der Waals surface area (Å²) in [6.07, 6.45) is 2.04. The van der Waals surface area contributed by atoms with Crippen molar-refractivity contribution in [2.45, 2.75) is 23.8 Å². The molecule has 1 aromatic heterocycles. The second kappa shape index (κ2) is 8.14. The van der Waals surface area contributed by atoms with Gasteiger partial charge in [0, 0.05) is 43.4 Å². The van der Waals surface area contributed by atoms with Gasteiger partial charge in [-0.05, 0) is 36.6 Å². The van der Waals surface area contributed by atoms with Gasteiger partial charge in [0.2, 0.25) is 5.91 Å². The Bertz CT molecular complexity index is 1050. The van der Waals surface area contributed by atoms with Crippen molar-refractivity contribution in [3.8, 4) is 0 Å². The van der Waals surface area contributed by atoms with E-state index in [0.29, 0.717) is 31.9 Å². The van der Waals surface area contributed by atoms with E-state index >= 15 is 0 Å². The highest BCUT2D eigenvalue weighted by molar-refractivity contribution is 7.98. The third-order valence-corrected chi connectivity index (χ3v) is 6.71. The van der Waals surface area contributed by atoms with Gasteiger partial charge in [0.05, 0.1) is 11.0 Å². The van der Waals surface area contributed by atoms with Gasteiger partial charge in [0.15, 0.2) is 5.16 Å². The van der Waals surface area contributed by atoms with Gasteiger partial charge in [-0.15, -0.1) is 0 Å². The molecule has 0 radical (unpaired) electrons. The van der Waals surface area contributed by atoms with Crippen molar-refractivity contribution < 1.29 is 9.59 Å². The molecule has 3 aromatic rings. The maximum Gasteiger partial charge on any atom is 0.254 e. The molecule has 0 atom stereocenters. The van der Waals surface area contributed by atoms with E-state index in [4.69, 9.17) is 0 Å². The third kappa shape index (κ3) is 3.94. The molecule has 2 fully saturated rings. The second-order valence-corrected chi connectivity index (χ2v) is 8.86. The maximum absolute atomic E-state index is 13.2. The number of hydrogen-bond acceptors (Lipinski definition) is 4.